The van der Waals surface area contributed by atoms with E-state index < -0.39 is 10.0 Å². The number of amides is 1. The van der Waals surface area contributed by atoms with Crippen molar-refractivity contribution in [3.05, 3.63) is 65.7 Å². The lowest BCUT2D eigenvalue weighted by molar-refractivity contribution is 0.0941. The number of hydrogen-bond donors (Lipinski definition) is 2. The van der Waals surface area contributed by atoms with Gasteiger partial charge >= 0.3 is 0 Å². The van der Waals surface area contributed by atoms with Crippen LogP contribution in [0.15, 0.2) is 59.5 Å². The van der Waals surface area contributed by atoms with Gasteiger partial charge in [-0.3, -0.25) is 4.79 Å². The summed E-state index contributed by atoms with van der Waals surface area (Å²) >= 11 is 0. The zero-order chi connectivity index (χ0) is 20.1. The number of carbonyl (C=O) groups excluding carboxylic acids is 1. The van der Waals surface area contributed by atoms with Crippen LogP contribution in [0.3, 0.4) is 0 Å². The molecule has 28 heavy (non-hydrogen) atoms. The van der Waals surface area contributed by atoms with Gasteiger partial charge in [0.05, 0.1) is 4.90 Å². The van der Waals surface area contributed by atoms with Crippen molar-refractivity contribution in [2.75, 3.05) is 20.6 Å². The maximum absolute atomic E-state index is 12.5. The molecule has 3 rings (SSSR count). The van der Waals surface area contributed by atoms with Crippen LogP contribution in [0, 0.1) is 0 Å². The fourth-order valence-electron chi connectivity index (χ4n) is 2.91. The fraction of sp³-hybridized carbons (Fsp3) is 0.381. The molecule has 150 valence electrons. The number of hydrogen-bond acceptors (Lipinski definition) is 4. The van der Waals surface area contributed by atoms with E-state index in [2.05, 4.69) is 27.1 Å². The lowest BCUT2D eigenvalue weighted by atomic mass is 10.1. The van der Waals surface area contributed by atoms with Gasteiger partial charge in [0.25, 0.3) is 5.91 Å². The molecule has 1 amide bonds. The third kappa shape index (κ3) is 5.64. The van der Waals surface area contributed by atoms with Gasteiger partial charge in [0.15, 0.2) is 0 Å². The lowest BCUT2D eigenvalue weighted by Crippen LogP contribution is -2.41. The molecule has 2 aromatic rings. The van der Waals surface area contributed by atoms with Gasteiger partial charge in [-0.05, 0) is 63.2 Å². The van der Waals surface area contributed by atoms with Crippen LogP contribution in [-0.4, -0.2) is 51.9 Å². The first kappa shape index (κ1) is 20.5. The predicted molar refractivity (Wildman–Crippen MR) is 110 cm³/mol. The van der Waals surface area contributed by atoms with Gasteiger partial charge in [0.1, 0.15) is 0 Å². The summed E-state index contributed by atoms with van der Waals surface area (Å²) in [5, 5.41) is 2.96. The standard InChI is InChI=1S/C21H27N3O3S/c1-24(2)19(14-16-6-4-3-5-7-16)15-22-21(25)17-8-12-20(13-9-17)28(26,27)23-18-10-11-18/h3-9,12-13,18-19,23H,10-11,14-15H2,1-2H3,(H,22,25)/t19-/m0/s1. The monoisotopic (exact) mass is 401 g/mol. The summed E-state index contributed by atoms with van der Waals surface area (Å²) in [5.41, 5.74) is 1.66. The van der Waals surface area contributed by atoms with Crippen molar-refractivity contribution in [3.8, 4) is 0 Å². The first-order chi connectivity index (χ1) is 13.3. The summed E-state index contributed by atoms with van der Waals surface area (Å²) in [7, 11) is 0.485. The number of nitrogens with one attached hydrogen (secondary N) is 2. The minimum atomic E-state index is -3.50. The Balaban J connectivity index is 1.58. The highest BCUT2D eigenvalue weighted by Gasteiger charge is 2.28. The van der Waals surface area contributed by atoms with Crippen LogP contribution in [0.1, 0.15) is 28.8 Å². The largest absolute Gasteiger partial charge is 0.350 e. The maximum Gasteiger partial charge on any atom is 0.251 e. The molecule has 0 unspecified atom stereocenters. The van der Waals surface area contributed by atoms with E-state index in [4.69, 9.17) is 0 Å². The highest BCUT2D eigenvalue weighted by atomic mass is 32.2. The highest BCUT2D eigenvalue weighted by Crippen LogP contribution is 2.22. The Kier molecular flexibility index (Phi) is 6.49. The zero-order valence-electron chi connectivity index (χ0n) is 16.3. The van der Waals surface area contributed by atoms with E-state index in [-0.39, 0.29) is 22.9 Å². The fourth-order valence-corrected chi connectivity index (χ4v) is 4.22. The molecule has 1 saturated carbocycles. The van der Waals surface area contributed by atoms with Crippen LogP contribution in [0.25, 0.3) is 0 Å². The third-order valence-electron chi connectivity index (χ3n) is 4.87. The van der Waals surface area contributed by atoms with Gasteiger partial charge in [-0.15, -0.1) is 0 Å². The van der Waals surface area contributed by atoms with E-state index in [0.29, 0.717) is 12.1 Å². The molecule has 7 heteroatoms. The van der Waals surface area contributed by atoms with Gasteiger partial charge in [0.2, 0.25) is 10.0 Å². The minimum absolute atomic E-state index is 0.0561. The minimum Gasteiger partial charge on any atom is -0.350 e. The number of benzene rings is 2. The quantitative estimate of drug-likeness (QED) is 0.674. The number of likely N-dealkylation sites (N-methyl/N-ethyl adjacent to an activating group) is 1. The van der Waals surface area contributed by atoms with Crippen LogP contribution in [0.4, 0.5) is 0 Å². The van der Waals surface area contributed by atoms with Gasteiger partial charge in [-0.25, -0.2) is 13.1 Å². The molecule has 1 aliphatic rings. The van der Waals surface area contributed by atoms with Crippen molar-refractivity contribution in [3.63, 3.8) is 0 Å². The highest BCUT2D eigenvalue weighted by molar-refractivity contribution is 7.89. The Hall–Kier alpha value is -2.22. The van der Waals surface area contributed by atoms with Crippen LogP contribution in [0.5, 0.6) is 0 Å². The number of nitrogens with zero attached hydrogens (tertiary/aromatic N) is 1. The summed E-state index contributed by atoms with van der Waals surface area (Å²) in [6.45, 7) is 0.504. The molecule has 0 spiro atoms. The van der Waals surface area contributed by atoms with E-state index in [1.807, 2.05) is 32.3 Å². The molecule has 0 aromatic heterocycles. The van der Waals surface area contributed by atoms with E-state index >= 15 is 0 Å². The molecule has 0 aliphatic heterocycles. The van der Waals surface area contributed by atoms with Crippen molar-refractivity contribution < 1.29 is 13.2 Å². The second-order valence-corrected chi connectivity index (χ2v) is 9.15. The summed E-state index contributed by atoms with van der Waals surface area (Å²) < 4.78 is 27.1. The molecule has 0 heterocycles. The molecule has 2 N–H and O–H groups in total. The third-order valence-corrected chi connectivity index (χ3v) is 6.41. The average Bonchev–Trinajstić information content (AvgIpc) is 3.49. The Morgan fingerprint density at radius 2 is 1.71 bits per heavy atom. The summed E-state index contributed by atoms with van der Waals surface area (Å²) in [5.74, 6) is -0.209. The topological polar surface area (TPSA) is 78.5 Å². The van der Waals surface area contributed by atoms with Gasteiger partial charge < -0.3 is 10.2 Å². The second-order valence-electron chi connectivity index (χ2n) is 7.44. The number of carbonyl (C=O) groups is 1. The molecule has 0 radical (unpaired) electrons. The number of rotatable bonds is 9. The summed E-state index contributed by atoms with van der Waals surface area (Å²) in [4.78, 5) is 14.8. The van der Waals surface area contributed by atoms with E-state index in [9.17, 15) is 13.2 Å². The summed E-state index contributed by atoms with van der Waals surface area (Å²) in [6.07, 6.45) is 2.60. The molecule has 1 atom stereocenters. The molecular formula is C21H27N3O3S. The van der Waals surface area contributed by atoms with Crippen molar-refractivity contribution in [2.45, 2.75) is 36.2 Å². The molecular weight excluding hydrogens is 374 g/mol. The van der Waals surface area contributed by atoms with Crippen LogP contribution >= 0.6 is 0 Å². The van der Waals surface area contributed by atoms with E-state index in [1.54, 1.807) is 12.1 Å². The van der Waals surface area contributed by atoms with E-state index in [0.717, 1.165) is 19.3 Å². The Morgan fingerprint density at radius 1 is 1.07 bits per heavy atom. The Bertz CT molecular complexity index is 892. The smallest absolute Gasteiger partial charge is 0.251 e. The van der Waals surface area contributed by atoms with E-state index in [1.165, 1.54) is 17.7 Å². The van der Waals surface area contributed by atoms with Crippen LogP contribution in [-0.2, 0) is 16.4 Å². The number of sulfonamides is 1. The van der Waals surface area contributed by atoms with Crippen molar-refractivity contribution in [2.24, 2.45) is 0 Å². The lowest BCUT2D eigenvalue weighted by Gasteiger charge is -2.24. The molecule has 0 saturated heterocycles. The second kappa shape index (κ2) is 8.86. The van der Waals surface area contributed by atoms with Crippen molar-refractivity contribution in [1.82, 2.24) is 14.9 Å². The van der Waals surface area contributed by atoms with Gasteiger partial charge in [-0.2, -0.15) is 0 Å². The molecule has 1 aliphatic carbocycles. The van der Waals surface area contributed by atoms with Gasteiger partial charge in [0, 0.05) is 24.2 Å². The molecule has 6 nitrogen and oxygen atoms in total. The summed E-state index contributed by atoms with van der Waals surface area (Å²) in [6, 6.07) is 16.4. The van der Waals surface area contributed by atoms with Crippen LogP contribution < -0.4 is 10.0 Å². The van der Waals surface area contributed by atoms with Crippen LogP contribution in [0.2, 0.25) is 0 Å². The average molecular weight is 402 g/mol. The SMILES string of the molecule is CN(C)[C@H](CNC(=O)c1ccc(S(=O)(=O)NC2CC2)cc1)Cc1ccccc1. The normalized spacial score (nSPS) is 15.4. The molecule has 0 bridgehead atoms. The Morgan fingerprint density at radius 3 is 2.29 bits per heavy atom. The first-order valence-electron chi connectivity index (χ1n) is 9.46. The maximum atomic E-state index is 12.5. The molecule has 2 aromatic carbocycles. The van der Waals surface area contributed by atoms with Crippen molar-refractivity contribution in [1.29, 1.82) is 0 Å². The van der Waals surface area contributed by atoms with Crippen molar-refractivity contribution >= 4 is 15.9 Å². The zero-order valence-corrected chi connectivity index (χ0v) is 17.1. The first-order valence-corrected chi connectivity index (χ1v) is 10.9. The molecule has 1 fully saturated rings. The van der Waals surface area contributed by atoms with Gasteiger partial charge in [-0.1, -0.05) is 30.3 Å². The predicted octanol–water partition coefficient (Wildman–Crippen LogP) is 2.03. The Labute approximate surface area is 167 Å².